The van der Waals surface area contributed by atoms with Crippen molar-refractivity contribution in [3.05, 3.63) is 23.8 Å². The number of carbonyl (C=O) groups excluding carboxylic acids is 2. The number of esters is 1. The number of nitrogens with one attached hydrogen (secondary N) is 1. The molecule has 1 atom stereocenters. The van der Waals surface area contributed by atoms with Gasteiger partial charge in [0.15, 0.2) is 0 Å². The van der Waals surface area contributed by atoms with E-state index in [9.17, 15) is 9.59 Å². The summed E-state index contributed by atoms with van der Waals surface area (Å²) in [6.45, 7) is 3.01. The fourth-order valence-electron chi connectivity index (χ4n) is 3.09. The molecule has 1 aromatic rings. The molecule has 1 amide bonds. The molecule has 2 heterocycles. The molecule has 1 aromatic carbocycles. The highest BCUT2D eigenvalue weighted by Gasteiger charge is 2.25. The van der Waals surface area contributed by atoms with Crippen LogP contribution in [0.25, 0.3) is 0 Å². The third-order valence-electron chi connectivity index (χ3n) is 4.42. The van der Waals surface area contributed by atoms with Crippen LogP contribution in [0, 0.1) is 5.92 Å². The molecule has 0 unspecified atom stereocenters. The lowest BCUT2D eigenvalue weighted by Crippen LogP contribution is -2.26. The first kappa shape index (κ1) is 15.8. The Hall–Kier alpha value is -2.08. The number of hydrogen-bond acceptors (Lipinski definition) is 5. The summed E-state index contributed by atoms with van der Waals surface area (Å²) < 4.78 is 10.1. The van der Waals surface area contributed by atoms with Gasteiger partial charge in [-0.2, -0.15) is 0 Å². The number of ether oxygens (including phenoxy) is 2. The molecule has 6 nitrogen and oxygen atoms in total. The fourth-order valence-corrected chi connectivity index (χ4v) is 3.09. The molecule has 3 rings (SSSR count). The van der Waals surface area contributed by atoms with Gasteiger partial charge in [-0.3, -0.25) is 4.79 Å². The van der Waals surface area contributed by atoms with Crippen molar-refractivity contribution in [2.45, 2.75) is 19.3 Å². The molecule has 2 fully saturated rings. The van der Waals surface area contributed by atoms with Gasteiger partial charge in [0.1, 0.15) is 0 Å². The number of anilines is 2. The predicted octanol–water partition coefficient (Wildman–Crippen LogP) is 2.05. The van der Waals surface area contributed by atoms with E-state index < -0.39 is 5.97 Å². The molecule has 2 aliphatic heterocycles. The maximum Gasteiger partial charge on any atom is 0.337 e. The van der Waals surface area contributed by atoms with Crippen LogP contribution in [0.4, 0.5) is 11.4 Å². The fraction of sp³-hybridized carbons (Fsp3) is 0.529. The number of benzene rings is 1. The maximum absolute atomic E-state index is 12.4. The zero-order valence-electron chi connectivity index (χ0n) is 13.3. The molecule has 0 bridgehead atoms. The van der Waals surface area contributed by atoms with Crippen molar-refractivity contribution in [1.82, 2.24) is 0 Å². The molecular weight excluding hydrogens is 296 g/mol. The first-order valence-electron chi connectivity index (χ1n) is 8.05. The smallest absolute Gasteiger partial charge is 0.337 e. The third kappa shape index (κ3) is 3.47. The average molecular weight is 318 g/mol. The summed E-state index contributed by atoms with van der Waals surface area (Å²) in [5.41, 5.74) is 2.07. The van der Waals surface area contributed by atoms with E-state index >= 15 is 0 Å². The highest BCUT2D eigenvalue weighted by Crippen LogP contribution is 2.31. The van der Waals surface area contributed by atoms with Gasteiger partial charge in [-0.05, 0) is 37.5 Å². The van der Waals surface area contributed by atoms with Crippen molar-refractivity contribution in [3.63, 3.8) is 0 Å². The van der Waals surface area contributed by atoms with Crippen LogP contribution in [-0.4, -0.2) is 45.3 Å². The van der Waals surface area contributed by atoms with Gasteiger partial charge in [0.2, 0.25) is 5.91 Å². The van der Waals surface area contributed by atoms with Crippen LogP contribution in [0.2, 0.25) is 0 Å². The van der Waals surface area contributed by atoms with Crippen LogP contribution in [0.1, 0.15) is 29.6 Å². The second-order valence-corrected chi connectivity index (χ2v) is 5.97. The van der Waals surface area contributed by atoms with E-state index in [0.717, 1.165) is 38.0 Å². The summed E-state index contributed by atoms with van der Waals surface area (Å²) in [5, 5.41) is 2.98. The monoisotopic (exact) mass is 318 g/mol. The molecule has 124 valence electrons. The number of amides is 1. The van der Waals surface area contributed by atoms with Crippen molar-refractivity contribution >= 4 is 23.3 Å². The van der Waals surface area contributed by atoms with E-state index in [2.05, 4.69) is 10.2 Å². The second kappa shape index (κ2) is 7.00. The van der Waals surface area contributed by atoms with E-state index in [-0.39, 0.29) is 11.8 Å². The number of carbonyl (C=O) groups is 2. The van der Waals surface area contributed by atoms with Crippen LogP contribution < -0.4 is 10.2 Å². The third-order valence-corrected chi connectivity index (χ3v) is 4.42. The largest absolute Gasteiger partial charge is 0.465 e. The summed E-state index contributed by atoms with van der Waals surface area (Å²) in [5.74, 6) is -0.578. The average Bonchev–Trinajstić information content (AvgIpc) is 3.27. The van der Waals surface area contributed by atoms with Gasteiger partial charge in [0.25, 0.3) is 0 Å². The quantitative estimate of drug-likeness (QED) is 0.861. The maximum atomic E-state index is 12.4. The van der Waals surface area contributed by atoms with E-state index in [1.165, 1.54) is 7.11 Å². The number of hydrogen-bond donors (Lipinski definition) is 1. The Morgan fingerprint density at radius 3 is 2.74 bits per heavy atom. The predicted molar refractivity (Wildman–Crippen MR) is 86.8 cm³/mol. The van der Waals surface area contributed by atoms with Gasteiger partial charge >= 0.3 is 5.97 Å². The Morgan fingerprint density at radius 2 is 2.09 bits per heavy atom. The number of methoxy groups -OCH3 is 1. The van der Waals surface area contributed by atoms with Crippen LogP contribution in [0.3, 0.4) is 0 Å². The Morgan fingerprint density at radius 1 is 1.30 bits per heavy atom. The molecular formula is C17H22N2O4. The summed E-state index contributed by atoms with van der Waals surface area (Å²) in [6, 6.07) is 5.33. The minimum atomic E-state index is -0.405. The molecule has 2 saturated heterocycles. The molecule has 2 aliphatic rings. The summed E-state index contributed by atoms with van der Waals surface area (Å²) in [6.07, 6.45) is 3.02. The topological polar surface area (TPSA) is 67.9 Å². The Bertz CT molecular complexity index is 590. The first-order chi connectivity index (χ1) is 11.2. The summed E-state index contributed by atoms with van der Waals surface area (Å²) in [7, 11) is 1.35. The van der Waals surface area contributed by atoms with Crippen LogP contribution in [0.5, 0.6) is 0 Å². The minimum Gasteiger partial charge on any atom is -0.465 e. The van der Waals surface area contributed by atoms with E-state index in [1.807, 2.05) is 6.07 Å². The highest BCUT2D eigenvalue weighted by atomic mass is 16.5. The Labute approximate surface area is 135 Å². The zero-order valence-corrected chi connectivity index (χ0v) is 13.3. The number of rotatable bonds is 4. The van der Waals surface area contributed by atoms with E-state index in [1.54, 1.807) is 12.1 Å². The van der Waals surface area contributed by atoms with Gasteiger partial charge in [0.05, 0.1) is 36.6 Å². The van der Waals surface area contributed by atoms with Crippen LogP contribution >= 0.6 is 0 Å². The van der Waals surface area contributed by atoms with Crippen molar-refractivity contribution in [2.24, 2.45) is 5.92 Å². The summed E-state index contributed by atoms with van der Waals surface area (Å²) in [4.78, 5) is 26.4. The molecule has 0 radical (unpaired) electrons. The molecule has 1 N–H and O–H groups in total. The lowest BCUT2D eigenvalue weighted by atomic mass is 10.1. The molecule has 23 heavy (non-hydrogen) atoms. The van der Waals surface area contributed by atoms with Gasteiger partial charge in [-0.15, -0.1) is 0 Å². The van der Waals surface area contributed by atoms with Gasteiger partial charge in [-0.25, -0.2) is 4.79 Å². The first-order valence-corrected chi connectivity index (χ1v) is 8.05. The van der Waals surface area contributed by atoms with E-state index in [0.29, 0.717) is 24.5 Å². The van der Waals surface area contributed by atoms with E-state index in [4.69, 9.17) is 9.47 Å². The molecule has 0 spiro atoms. The normalized spacial score (nSPS) is 20.6. The molecule has 6 heteroatoms. The minimum absolute atomic E-state index is 0.0510. The van der Waals surface area contributed by atoms with Gasteiger partial charge in [0, 0.05) is 19.7 Å². The van der Waals surface area contributed by atoms with Crippen LogP contribution in [-0.2, 0) is 14.3 Å². The van der Waals surface area contributed by atoms with Crippen molar-refractivity contribution in [3.8, 4) is 0 Å². The lowest BCUT2D eigenvalue weighted by molar-refractivity contribution is -0.119. The van der Waals surface area contributed by atoms with Gasteiger partial charge < -0.3 is 19.7 Å². The lowest BCUT2D eigenvalue weighted by Gasteiger charge is -2.23. The van der Waals surface area contributed by atoms with Gasteiger partial charge in [-0.1, -0.05) is 0 Å². The zero-order chi connectivity index (χ0) is 16.2. The van der Waals surface area contributed by atoms with Crippen molar-refractivity contribution in [2.75, 3.05) is 43.6 Å². The molecule has 0 aromatic heterocycles. The Balaban J connectivity index is 1.86. The highest BCUT2D eigenvalue weighted by molar-refractivity contribution is 5.99. The summed E-state index contributed by atoms with van der Waals surface area (Å²) >= 11 is 0. The molecule has 0 aliphatic carbocycles. The van der Waals surface area contributed by atoms with Crippen LogP contribution in [0.15, 0.2) is 18.2 Å². The standard InChI is InChI=1S/C17H22N2O4/c1-22-17(21)12-4-5-15(19-7-2-3-8-19)14(10-12)18-16(20)13-6-9-23-11-13/h4-5,10,13H,2-3,6-9,11H2,1H3,(H,18,20)/t13-/m0/s1. The number of nitrogens with zero attached hydrogens (tertiary/aromatic N) is 1. The van der Waals surface area contributed by atoms with Crippen molar-refractivity contribution in [1.29, 1.82) is 0 Å². The second-order valence-electron chi connectivity index (χ2n) is 5.97. The molecule has 0 saturated carbocycles. The SMILES string of the molecule is COC(=O)c1ccc(N2CCCC2)c(NC(=O)[C@H]2CCOC2)c1. The Kier molecular flexibility index (Phi) is 4.81. The van der Waals surface area contributed by atoms with Crippen molar-refractivity contribution < 1.29 is 19.1 Å².